The topological polar surface area (TPSA) is 89.3 Å². The predicted octanol–water partition coefficient (Wildman–Crippen LogP) is 1.81. The average molecular weight is 302 g/mol. The summed E-state index contributed by atoms with van der Waals surface area (Å²) in [4.78, 5) is 11.7. The van der Waals surface area contributed by atoms with Crippen molar-refractivity contribution in [2.75, 3.05) is 22.6 Å². The molecule has 1 aromatic rings. The molecule has 3 N–H and O–H groups in total. The van der Waals surface area contributed by atoms with E-state index in [4.69, 9.17) is 5.73 Å². The zero-order valence-electron chi connectivity index (χ0n) is 11.5. The van der Waals surface area contributed by atoms with Crippen molar-refractivity contribution >= 4 is 27.1 Å². The summed E-state index contributed by atoms with van der Waals surface area (Å²) in [7, 11) is -3.48. The summed E-state index contributed by atoms with van der Waals surface area (Å²) in [6.45, 7) is 3.69. The van der Waals surface area contributed by atoms with E-state index in [0.29, 0.717) is 0 Å². The van der Waals surface area contributed by atoms with E-state index in [1.165, 1.54) is 6.07 Å². The average Bonchev–Trinajstić information content (AvgIpc) is 2.32. The van der Waals surface area contributed by atoms with Gasteiger partial charge in [-0.15, -0.1) is 0 Å². The number of carbonyl (C=O) groups excluding carboxylic acids is 1. The van der Waals surface area contributed by atoms with Gasteiger partial charge in [-0.25, -0.2) is 12.8 Å². The van der Waals surface area contributed by atoms with Crippen LogP contribution >= 0.6 is 0 Å². The largest absolute Gasteiger partial charge is 0.397 e. The molecule has 1 aromatic carbocycles. The Morgan fingerprint density at radius 1 is 1.45 bits per heavy atom. The van der Waals surface area contributed by atoms with Crippen LogP contribution in [-0.4, -0.2) is 25.8 Å². The quantitative estimate of drug-likeness (QED) is 0.784. The zero-order chi connectivity index (χ0) is 15.3. The number of sulfone groups is 1. The van der Waals surface area contributed by atoms with Gasteiger partial charge in [0, 0.05) is 0 Å². The molecule has 1 rings (SSSR count). The highest BCUT2D eigenvalue weighted by molar-refractivity contribution is 7.92. The highest BCUT2D eigenvalue weighted by atomic mass is 32.2. The molecule has 5 nitrogen and oxygen atoms in total. The van der Waals surface area contributed by atoms with Gasteiger partial charge in [0.05, 0.1) is 17.1 Å². The Balaban J connectivity index is 2.70. The lowest BCUT2D eigenvalue weighted by Crippen LogP contribution is -2.27. The number of nitrogens with two attached hydrogens (primary N) is 1. The molecule has 0 aliphatic rings. The van der Waals surface area contributed by atoms with Crippen LogP contribution in [0.5, 0.6) is 0 Å². The highest BCUT2D eigenvalue weighted by Crippen LogP contribution is 2.19. The molecule has 0 heterocycles. The molecule has 0 saturated heterocycles. The van der Waals surface area contributed by atoms with Crippen LogP contribution in [0.1, 0.15) is 20.3 Å². The van der Waals surface area contributed by atoms with Crippen molar-refractivity contribution in [2.24, 2.45) is 5.92 Å². The number of anilines is 2. The first-order chi connectivity index (χ1) is 9.23. The first kappa shape index (κ1) is 16.4. The number of carbonyl (C=O) groups is 1. The normalized spacial score (nSPS) is 12.9. The zero-order valence-corrected chi connectivity index (χ0v) is 12.3. The van der Waals surface area contributed by atoms with Crippen LogP contribution in [0.25, 0.3) is 0 Å². The maximum absolute atomic E-state index is 13.0. The first-order valence-electron chi connectivity index (χ1n) is 6.29. The third kappa shape index (κ3) is 5.16. The van der Waals surface area contributed by atoms with Crippen molar-refractivity contribution in [3.63, 3.8) is 0 Å². The second-order valence-corrected chi connectivity index (χ2v) is 6.96. The van der Waals surface area contributed by atoms with Gasteiger partial charge in [0.1, 0.15) is 11.6 Å². The smallest absolute Gasteiger partial charge is 0.239 e. The van der Waals surface area contributed by atoms with Gasteiger partial charge in [0.15, 0.2) is 9.84 Å². The Labute approximate surface area is 118 Å². The van der Waals surface area contributed by atoms with Crippen molar-refractivity contribution in [1.82, 2.24) is 0 Å². The Morgan fingerprint density at radius 2 is 2.10 bits per heavy atom. The number of hydrogen-bond donors (Lipinski definition) is 2. The van der Waals surface area contributed by atoms with E-state index in [2.05, 4.69) is 5.32 Å². The molecule has 112 valence electrons. The maximum atomic E-state index is 13.0. The van der Waals surface area contributed by atoms with Gasteiger partial charge >= 0.3 is 0 Å². The summed E-state index contributed by atoms with van der Waals surface area (Å²) in [6.07, 6.45) is 0.720. The number of rotatable bonds is 6. The van der Waals surface area contributed by atoms with E-state index in [0.717, 1.165) is 18.6 Å². The summed E-state index contributed by atoms with van der Waals surface area (Å²) in [5.74, 6) is -1.96. The first-order valence-corrected chi connectivity index (χ1v) is 8.11. The van der Waals surface area contributed by atoms with Gasteiger partial charge in [0.2, 0.25) is 5.91 Å². The number of nitrogens with one attached hydrogen (secondary N) is 1. The Bertz CT molecular complexity index is 587. The van der Waals surface area contributed by atoms with Gasteiger partial charge in [-0.3, -0.25) is 4.79 Å². The summed E-state index contributed by atoms with van der Waals surface area (Å²) < 4.78 is 36.6. The number of halogens is 1. The van der Waals surface area contributed by atoms with Gasteiger partial charge < -0.3 is 11.1 Å². The molecule has 0 aliphatic carbocycles. The monoisotopic (exact) mass is 302 g/mol. The van der Waals surface area contributed by atoms with E-state index in [1.54, 1.807) is 6.92 Å². The van der Waals surface area contributed by atoms with Gasteiger partial charge in [-0.05, 0) is 24.1 Å². The van der Waals surface area contributed by atoms with Crippen molar-refractivity contribution in [3.05, 3.63) is 24.0 Å². The van der Waals surface area contributed by atoms with Crippen molar-refractivity contribution in [2.45, 2.75) is 20.3 Å². The fourth-order valence-electron chi connectivity index (χ4n) is 1.63. The van der Waals surface area contributed by atoms with E-state index >= 15 is 0 Å². The standard InChI is InChI=1S/C13H19FN2O3S/c1-3-9(2)7-20(18,19)8-13(17)16-12-6-10(14)4-5-11(12)15/h4-6,9H,3,7-8,15H2,1-2H3,(H,16,17). The molecule has 0 fully saturated rings. The predicted molar refractivity (Wildman–Crippen MR) is 77.6 cm³/mol. The molecule has 1 unspecified atom stereocenters. The van der Waals surface area contributed by atoms with E-state index in [-0.39, 0.29) is 23.0 Å². The SMILES string of the molecule is CCC(C)CS(=O)(=O)CC(=O)Nc1cc(F)ccc1N. The van der Waals surface area contributed by atoms with Crippen molar-refractivity contribution in [3.8, 4) is 0 Å². The molecule has 1 atom stereocenters. The van der Waals surface area contributed by atoms with Gasteiger partial charge in [-0.2, -0.15) is 0 Å². The molecule has 20 heavy (non-hydrogen) atoms. The summed E-state index contributed by atoms with van der Waals surface area (Å²) in [5, 5.41) is 2.32. The molecule has 7 heteroatoms. The molecule has 0 aromatic heterocycles. The second-order valence-electron chi connectivity index (χ2n) is 4.85. The van der Waals surface area contributed by atoms with Crippen LogP contribution in [0, 0.1) is 11.7 Å². The van der Waals surface area contributed by atoms with Crippen molar-refractivity contribution in [1.29, 1.82) is 0 Å². The number of hydrogen-bond acceptors (Lipinski definition) is 4. The van der Waals surface area contributed by atoms with E-state index < -0.39 is 27.3 Å². The highest BCUT2D eigenvalue weighted by Gasteiger charge is 2.20. The van der Waals surface area contributed by atoms with Crippen LogP contribution in [0.4, 0.5) is 15.8 Å². The number of nitrogen functional groups attached to an aromatic ring is 1. The Kier molecular flexibility index (Phi) is 5.50. The molecule has 1 amide bonds. The van der Waals surface area contributed by atoms with E-state index in [1.807, 2.05) is 6.92 Å². The molecule has 0 saturated carbocycles. The number of amides is 1. The number of benzene rings is 1. The third-order valence-electron chi connectivity index (χ3n) is 2.88. The van der Waals surface area contributed by atoms with Crippen LogP contribution in [-0.2, 0) is 14.6 Å². The second kappa shape index (κ2) is 6.69. The lowest BCUT2D eigenvalue weighted by Gasteiger charge is -2.11. The van der Waals surface area contributed by atoms with Crippen LogP contribution in [0.3, 0.4) is 0 Å². The van der Waals surface area contributed by atoms with E-state index in [9.17, 15) is 17.6 Å². The minimum absolute atomic E-state index is 0.00737. The molecule has 0 radical (unpaired) electrons. The van der Waals surface area contributed by atoms with Gasteiger partial charge in [0.25, 0.3) is 0 Å². The summed E-state index contributed by atoms with van der Waals surface area (Å²) in [5.41, 5.74) is 5.83. The Hall–Kier alpha value is -1.63. The lowest BCUT2D eigenvalue weighted by atomic mass is 10.2. The summed E-state index contributed by atoms with van der Waals surface area (Å²) in [6, 6.07) is 3.51. The third-order valence-corrected chi connectivity index (χ3v) is 4.65. The van der Waals surface area contributed by atoms with Crippen LogP contribution < -0.4 is 11.1 Å². The molecule has 0 aliphatic heterocycles. The van der Waals surface area contributed by atoms with Crippen LogP contribution in [0.15, 0.2) is 18.2 Å². The fourth-order valence-corrected chi connectivity index (χ4v) is 3.33. The maximum Gasteiger partial charge on any atom is 0.239 e. The van der Waals surface area contributed by atoms with Crippen molar-refractivity contribution < 1.29 is 17.6 Å². The minimum atomic E-state index is -3.48. The fraction of sp³-hybridized carbons (Fsp3) is 0.462. The molecular formula is C13H19FN2O3S. The Morgan fingerprint density at radius 3 is 2.70 bits per heavy atom. The summed E-state index contributed by atoms with van der Waals surface area (Å²) >= 11 is 0. The molecular weight excluding hydrogens is 283 g/mol. The van der Waals surface area contributed by atoms with Gasteiger partial charge in [-0.1, -0.05) is 20.3 Å². The molecule has 0 bridgehead atoms. The van der Waals surface area contributed by atoms with Crippen LogP contribution in [0.2, 0.25) is 0 Å². The minimum Gasteiger partial charge on any atom is -0.397 e. The lowest BCUT2D eigenvalue weighted by molar-refractivity contribution is -0.113. The molecule has 0 spiro atoms.